The Kier molecular flexibility index (Phi) is 4.64. The lowest BCUT2D eigenvalue weighted by atomic mass is 10.0. The van der Waals surface area contributed by atoms with Gasteiger partial charge >= 0.3 is 0 Å². The average molecular weight is 277 g/mol. The molecule has 2 aromatic carbocycles. The second kappa shape index (κ2) is 6.45. The van der Waals surface area contributed by atoms with Crippen LogP contribution in [0.1, 0.15) is 29.2 Å². The molecule has 2 aromatic rings. The van der Waals surface area contributed by atoms with Gasteiger partial charge in [0.1, 0.15) is 0 Å². The van der Waals surface area contributed by atoms with Crippen molar-refractivity contribution < 1.29 is 0 Å². The quantitative estimate of drug-likeness (QED) is 0.711. The van der Waals surface area contributed by atoms with E-state index < -0.39 is 0 Å². The summed E-state index contributed by atoms with van der Waals surface area (Å²) in [6, 6.07) is 14.8. The molecule has 0 aliphatic heterocycles. The number of benzene rings is 2. The van der Waals surface area contributed by atoms with E-state index in [1.807, 2.05) is 6.92 Å². The molecule has 1 heteroatoms. The van der Waals surface area contributed by atoms with Gasteiger partial charge in [-0.25, -0.2) is 0 Å². The molecule has 21 heavy (non-hydrogen) atoms. The number of hydrogen-bond acceptors (Lipinski definition) is 1. The normalized spacial score (nSPS) is 10.2. The van der Waals surface area contributed by atoms with Crippen LogP contribution in [0.25, 0.3) is 5.70 Å². The predicted molar refractivity (Wildman–Crippen MR) is 93.5 cm³/mol. The van der Waals surface area contributed by atoms with Crippen molar-refractivity contribution in [3.63, 3.8) is 0 Å². The molecule has 0 radical (unpaired) electrons. The maximum Gasteiger partial charge on any atom is 0.0387 e. The van der Waals surface area contributed by atoms with Gasteiger partial charge in [-0.3, -0.25) is 0 Å². The molecule has 108 valence electrons. The fraction of sp³-hybridized carbons (Fsp3) is 0.200. The Hall–Kier alpha value is -2.28. The highest BCUT2D eigenvalue weighted by Crippen LogP contribution is 2.20. The maximum atomic E-state index is 4.13. The van der Waals surface area contributed by atoms with E-state index in [1.165, 1.54) is 22.3 Å². The number of anilines is 1. The minimum atomic E-state index is 0.917. The van der Waals surface area contributed by atoms with Crippen molar-refractivity contribution in [2.45, 2.75) is 27.2 Å². The number of rotatable bonds is 5. The number of aryl methyl sites for hydroxylation is 2. The van der Waals surface area contributed by atoms with Crippen LogP contribution in [0.5, 0.6) is 0 Å². The van der Waals surface area contributed by atoms with Crippen molar-refractivity contribution in [1.82, 2.24) is 0 Å². The second-order valence-corrected chi connectivity index (χ2v) is 5.73. The van der Waals surface area contributed by atoms with Crippen LogP contribution in [0, 0.1) is 13.8 Å². The number of allylic oxidation sites excluding steroid dienone is 1. The Labute approximate surface area is 128 Å². The summed E-state index contributed by atoms with van der Waals surface area (Å²) in [6.45, 7) is 14.4. The Morgan fingerprint density at radius 3 is 2.19 bits per heavy atom. The van der Waals surface area contributed by atoms with Crippen LogP contribution in [0.3, 0.4) is 0 Å². The highest BCUT2D eigenvalue weighted by atomic mass is 14.9. The van der Waals surface area contributed by atoms with Gasteiger partial charge in [0.05, 0.1) is 0 Å². The van der Waals surface area contributed by atoms with Gasteiger partial charge < -0.3 is 5.32 Å². The van der Waals surface area contributed by atoms with Gasteiger partial charge in [-0.1, -0.05) is 49.1 Å². The second-order valence-electron chi connectivity index (χ2n) is 5.73. The molecule has 1 nitrogen and oxygen atoms in total. The van der Waals surface area contributed by atoms with Gasteiger partial charge in [0, 0.05) is 11.4 Å². The van der Waals surface area contributed by atoms with E-state index in [0.29, 0.717) is 0 Å². The maximum absolute atomic E-state index is 4.13. The van der Waals surface area contributed by atoms with Gasteiger partial charge in [-0.2, -0.15) is 0 Å². The van der Waals surface area contributed by atoms with Crippen LogP contribution in [-0.4, -0.2) is 0 Å². The van der Waals surface area contributed by atoms with E-state index >= 15 is 0 Å². The topological polar surface area (TPSA) is 12.0 Å². The molecule has 0 fully saturated rings. The van der Waals surface area contributed by atoms with E-state index in [-0.39, 0.29) is 0 Å². The lowest BCUT2D eigenvalue weighted by Gasteiger charge is -2.12. The third-order valence-electron chi connectivity index (χ3n) is 3.61. The first-order chi connectivity index (χ1) is 9.95. The summed E-state index contributed by atoms with van der Waals surface area (Å²) >= 11 is 0. The smallest absolute Gasteiger partial charge is 0.0387 e. The first-order valence-corrected chi connectivity index (χ1v) is 7.22. The SMILES string of the molecule is C=C(C)Cc1ccc(C(=C)Nc2ccc(C)c(C)c2)cc1. The largest absolute Gasteiger partial charge is 0.356 e. The number of hydrogen-bond donors (Lipinski definition) is 1. The zero-order valence-corrected chi connectivity index (χ0v) is 13.2. The van der Waals surface area contributed by atoms with E-state index in [9.17, 15) is 0 Å². The van der Waals surface area contributed by atoms with Crippen molar-refractivity contribution >= 4 is 11.4 Å². The molecule has 0 saturated heterocycles. The zero-order valence-electron chi connectivity index (χ0n) is 13.2. The van der Waals surface area contributed by atoms with Gasteiger partial charge in [-0.05, 0) is 61.6 Å². The molecule has 0 unspecified atom stereocenters. The highest BCUT2D eigenvalue weighted by Gasteiger charge is 2.02. The van der Waals surface area contributed by atoms with E-state index in [4.69, 9.17) is 0 Å². The molecule has 1 N–H and O–H groups in total. The summed E-state index contributed by atoms with van der Waals surface area (Å²) in [7, 11) is 0. The molecule has 0 amide bonds. The van der Waals surface area contributed by atoms with E-state index in [1.54, 1.807) is 0 Å². The van der Waals surface area contributed by atoms with Gasteiger partial charge in [0.25, 0.3) is 0 Å². The Bertz CT molecular complexity index is 663. The predicted octanol–water partition coefficient (Wildman–Crippen LogP) is 5.50. The standard InChI is InChI=1S/C20H23N/c1-14(2)12-18-7-9-19(10-8-18)17(5)21-20-11-6-15(3)16(4)13-20/h6-11,13,21H,1,5,12H2,2-4H3. The summed E-state index contributed by atoms with van der Waals surface area (Å²) in [5.41, 5.74) is 8.15. The van der Waals surface area contributed by atoms with E-state index in [0.717, 1.165) is 23.4 Å². The average Bonchev–Trinajstić information content (AvgIpc) is 2.43. The van der Waals surface area contributed by atoms with Crippen molar-refractivity contribution in [2.24, 2.45) is 0 Å². The summed E-state index contributed by atoms with van der Waals surface area (Å²) in [4.78, 5) is 0. The Morgan fingerprint density at radius 1 is 0.952 bits per heavy atom. The van der Waals surface area contributed by atoms with E-state index in [2.05, 4.69) is 74.8 Å². The van der Waals surface area contributed by atoms with Crippen molar-refractivity contribution in [3.8, 4) is 0 Å². The summed E-state index contributed by atoms with van der Waals surface area (Å²) in [5.74, 6) is 0. The van der Waals surface area contributed by atoms with Crippen LogP contribution in [0.15, 0.2) is 61.2 Å². The Morgan fingerprint density at radius 2 is 1.62 bits per heavy atom. The van der Waals surface area contributed by atoms with Gasteiger partial charge in [0.15, 0.2) is 0 Å². The molecule has 0 saturated carbocycles. The molecular weight excluding hydrogens is 254 g/mol. The summed E-state index contributed by atoms with van der Waals surface area (Å²) in [6.07, 6.45) is 0.928. The fourth-order valence-electron chi connectivity index (χ4n) is 2.24. The minimum Gasteiger partial charge on any atom is -0.356 e. The first-order valence-electron chi connectivity index (χ1n) is 7.22. The van der Waals surface area contributed by atoms with Crippen LogP contribution < -0.4 is 5.32 Å². The van der Waals surface area contributed by atoms with Gasteiger partial charge in [-0.15, -0.1) is 0 Å². The molecule has 0 aliphatic carbocycles. The molecular formula is C20H23N. The first kappa shape index (κ1) is 15.1. The summed E-state index contributed by atoms with van der Waals surface area (Å²) in [5, 5.41) is 3.37. The summed E-state index contributed by atoms with van der Waals surface area (Å²) < 4.78 is 0. The lowest BCUT2D eigenvalue weighted by molar-refractivity contribution is 1.15. The van der Waals surface area contributed by atoms with Crippen molar-refractivity contribution in [2.75, 3.05) is 5.32 Å². The van der Waals surface area contributed by atoms with Crippen LogP contribution in [0.2, 0.25) is 0 Å². The third-order valence-corrected chi connectivity index (χ3v) is 3.61. The third kappa shape index (κ3) is 4.09. The molecule has 0 atom stereocenters. The lowest BCUT2D eigenvalue weighted by Crippen LogP contribution is -1.98. The highest BCUT2D eigenvalue weighted by molar-refractivity contribution is 5.75. The fourth-order valence-corrected chi connectivity index (χ4v) is 2.24. The van der Waals surface area contributed by atoms with Gasteiger partial charge in [0.2, 0.25) is 0 Å². The molecule has 0 aliphatic rings. The van der Waals surface area contributed by atoms with Crippen molar-refractivity contribution in [1.29, 1.82) is 0 Å². The van der Waals surface area contributed by atoms with Crippen molar-refractivity contribution in [3.05, 3.63) is 83.4 Å². The minimum absolute atomic E-state index is 0.917. The monoisotopic (exact) mass is 277 g/mol. The van der Waals surface area contributed by atoms with Crippen LogP contribution >= 0.6 is 0 Å². The molecule has 0 aromatic heterocycles. The number of nitrogens with one attached hydrogen (secondary N) is 1. The molecule has 0 spiro atoms. The van der Waals surface area contributed by atoms with Crippen LogP contribution in [0.4, 0.5) is 5.69 Å². The molecule has 0 bridgehead atoms. The van der Waals surface area contributed by atoms with Crippen LogP contribution in [-0.2, 0) is 6.42 Å². The molecule has 0 heterocycles. The molecule has 2 rings (SSSR count). The Balaban J connectivity index is 2.09. The zero-order chi connectivity index (χ0) is 15.4.